The van der Waals surface area contributed by atoms with E-state index in [1.165, 1.54) is 6.33 Å². The molecule has 110 valence electrons. The van der Waals surface area contributed by atoms with Gasteiger partial charge in [-0.15, -0.1) is 11.6 Å². The first kappa shape index (κ1) is 15.0. The Labute approximate surface area is 123 Å². The Hall–Kier alpha value is -1.40. The van der Waals surface area contributed by atoms with Crippen LogP contribution in [0.1, 0.15) is 19.7 Å². The zero-order valence-corrected chi connectivity index (χ0v) is 12.9. The summed E-state index contributed by atoms with van der Waals surface area (Å²) < 4.78 is 12.8. The van der Waals surface area contributed by atoms with Crippen molar-refractivity contribution in [2.45, 2.75) is 32.4 Å². The van der Waals surface area contributed by atoms with E-state index in [2.05, 4.69) is 15.0 Å². The molecule has 0 aliphatic heterocycles. The van der Waals surface area contributed by atoms with Crippen LogP contribution in [-0.2, 0) is 17.7 Å². The average Bonchev–Trinajstić information content (AvgIpc) is 2.77. The maximum absolute atomic E-state index is 5.86. The van der Waals surface area contributed by atoms with Gasteiger partial charge in [0.25, 0.3) is 0 Å². The summed E-state index contributed by atoms with van der Waals surface area (Å²) in [5, 5.41) is 0. The van der Waals surface area contributed by atoms with Crippen LogP contribution in [0.3, 0.4) is 0 Å². The van der Waals surface area contributed by atoms with Crippen LogP contribution in [0.5, 0.6) is 5.88 Å². The van der Waals surface area contributed by atoms with Crippen LogP contribution in [0.25, 0.3) is 11.2 Å². The number of imidazole rings is 1. The molecule has 0 amide bonds. The first-order valence-corrected chi connectivity index (χ1v) is 6.91. The summed E-state index contributed by atoms with van der Waals surface area (Å²) in [4.78, 5) is 13.0. The van der Waals surface area contributed by atoms with Crippen molar-refractivity contribution < 1.29 is 9.47 Å². The molecule has 0 spiro atoms. The summed E-state index contributed by atoms with van der Waals surface area (Å²) in [7, 11) is 3.26. The molecule has 2 aromatic rings. The molecule has 2 heterocycles. The van der Waals surface area contributed by atoms with Crippen LogP contribution in [-0.4, -0.2) is 45.2 Å². The largest absolute Gasteiger partial charge is 0.479 e. The molecule has 0 bridgehead atoms. The Morgan fingerprint density at radius 1 is 1.30 bits per heavy atom. The number of alkyl halides is 1. The van der Waals surface area contributed by atoms with Crippen molar-refractivity contribution in [1.29, 1.82) is 0 Å². The van der Waals surface area contributed by atoms with Crippen molar-refractivity contribution in [3.8, 4) is 5.88 Å². The lowest BCUT2D eigenvalue weighted by Gasteiger charge is -2.24. The summed E-state index contributed by atoms with van der Waals surface area (Å²) in [5.74, 6) is 1.82. The second kappa shape index (κ2) is 5.93. The molecular formula is C13H19ClN4O2. The van der Waals surface area contributed by atoms with Crippen LogP contribution in [0.4, 0.5) is 0 Å². The van der Waals surface area contributed by atoms with Crippen molar-refractivity contribution >= 4 is 22.8 Å². The zero-order valence-electron chi connectivity index (χ0n) is 12.2. The molecule has 2 aromatic heterocycles. The van der Waals surface area contributed by atoms with Gasteiger partial charge in [-0.25, -0.2) is 9.97 Å². The highest BCUT2D eigenvalue weighted by Crippen LogP contribution is 2.24. The predicted molar refractivity (Wildman–Crippen MR) is 77.4 cm³/mol. The number of ether oxygens (including phenoxy) is 2. The molecule has 0 aromatic carbocycles. The van der Waals surface area contributed by atoms with Gasteiger partial charge in [-0.3, -0.25) is 0 Å². The molecule has 20 heavy (non-hydrogen) atoms. The van der Waals surface area contributed by atoms with E-state index in [0.29, 0.717) is 30.2 Å². The smallest absolute Gasteiger partial charge is 0.245 e. The molecule has 0 N–H and O–H groups in total. The molecule has 6 nitrogen and oxygen atoms in total. The number of methoxy groups -OCH3 is 2. The number of aromatic nitrogens is 4. The van der Waals surface area contributed by atoms with Crippen LogP contribution < -0.4 is 4.74 Å². The molecule has 0 aliphatic rings. The number of rotatable bonds is 6. The van der Waals surface area contributed by atoms with Crippen molar-refractivity contribution in [1.82, 2.24) is 19.5 Å². The SMILES string of the molecule is COc1ncnc2c1nc(CCCl)n2CC(C)(C)OC. The van der Waals surface area contributed by atoms with Gasteiger partial charge in [-0.2, -0.15) is 4.98 Å². The van der Waals surface area contributed by atoms with E-state index in [0.717, 1.165) is 11.5 Å². The number of hydrogen-bond acceptors (Lipinski definition) is 5. The number of fused-ring (bicyclic) bond motifs is 1. The predicted octanol–water partition coefficient (Wildman–Crippen LogP) is 2.04. The van der Waals surface area contributed by atoms with Gasteiger partial charge in [0.2, 0.25) is 5.88 Å². The van der Waals surface area contributed by atoms with E-state index in [-0.39, 0.29) is 5.60 Å². The third-order valence-electron chi connectivity index (χ3n) is 3.18. The second-order valence-electron chi connectivity index (χ2n) is 5.07. The van der Waals surface area contributed by atoms with Gasteiger partial charge < -0.3 is 14.0 Å². The fourth-order valence-corrected chi connectivity index (χ4v) is 2.17. The Morgan fingerprint density at radius 2 is 2.05 bits per heavy atom. The van der Waals surface area contributed by atoms with Gasteiger partial charge in [0.1, 0.15) is 12.2 Å². The molecule has 0 radical (unpaired) electrons. The average molecular weight is 299 g/mol. The molecule has 0 fully saturated rings. The van der Waals surface area contributed by atoms with E-state index in [9.17, 15) is 0 Å². The molecule has 7 heteroatoms. The molecule has 2 rings (SSSR count). The fourth-order valence-electron chi connectivity index (χ4n) is 2.00. The third kappa shape index (κ3) is 2.86. The highest BCUT2D eigenvalue weighted by Gasteiger charge is 2.23. The van der Waals surface area contributed by atoms with Gasteiger partial charge in [-0.05, 0) is 13.8 Å². The Kier molecular flexibility index (Phi) is 4.45. The Bertz CT molecular complexity index is 597. The lowest BCUT2D eigenvalue weighted by Crippen LogP contribution is -2.30. The number of aryl methyl sites for hydroxylation is 1. The highest BCUT2D eigenvalue weighted by atomic mass is 35.5. The number of hydrogen-bond donors (Lipinski definition) is 0. The van der Waals surface area contributed by atoms with Gasteiger partial charge in [0.15, 0.2) is 11.2 Å². The van der Waals surface area contributed by atoms with E-state index in [4.69, 9.17) is 21.1 Å². The minimum atomic E-state index is -0.327. The molecular weight excluding hydrogens is 280 g/mol. The summed E-state index contributed by atoms with van der Waals surface area (Å²) >= 11 is 5.86. The van der Waals surface area contributed by atoms with Gasteiger partial charge in [-0.1, -0.05) is 0 Å². The highest BCUT2D eigenvalue weighted by molar-refractivity contribution is 6.17. The van der Waals surface area contributed by atoms with E-state index in [1.807, 2.05) is 18.4 Å². The van der Waals surface area contributed by atoms with Crippen LogP contribution >= 0.6 is 11.6 Å². The number of nitrogens with zero attached hydrogens (tertiary/aromatic N) is 4. The maximum Gasteiger partial charge on any atom is 0.245 e. The maximum atomic E-state index is 5.86. The fraction of sp³-hybridized carbons (Fsp3) is 0.615. The summed E-state index contributed by atoms with van der Waals surface area (Å²) in [6.07, 6.45) is 2.13. The monoisotopic (exact) mass is 298 g/mol. The Balaban J connectivity index is 2.57. The van der Waals surface area contributed by atoms with E-state index < -0.39 is 0 Å². The van der Waals surface area contributed by atoms with Gasteiger partial charge in [0, 0.05) is 19.4 Å². The number of halogens is 1. The van der Waals surface area contributed by atoms with E-state index in [1.54, 1.807) is 14.2 Å². The summed E-state index contributed by atoms with van der Waals surface area (Å²) in [6.45, 7) is 4.66. The lowest BCUT2D eigenvalue weighted by molar-refractivity contribution is 0.00834. The molecule has 0 saturated heterocycles. The van der Waals surface area contributed by atoms with Crippen molar-refractivity contribution in [2.75, 3.05) is 20.1 Å². The Morgan fingerprint density at radius 3 is 2.65 bits per heavy atom. The minimum absolute atomic E-state index is 0.327. The lowest BCUT2D eigenvalue weighted by atomic mass is 10.1. The summed E-state index contributed by atoms with van der Waals surface area (Å²) in [5.41, 5.74) is 1.07. The van der Waals surface area contributed by atoms with Crippen molar-refractivity contribution in [3.63, 3.8) is 0 Å². The molecule has 0 atom stereocenters. The minimum Gasteiger partial charge on any atom is -0.479 e. The molecule has 0 aliphatic carbocycles. The zero-order chi connectivity index (χ0) is 14.8. The first-order valence-electron chi connectivity index (χ1n) is 6.37. The molecule has 0 saturated carbocycles. The first-order chi connectivity index (χ1) is 9.52. The van der Waals surface area contributed by atoms with Crippen LogP contribution in [0, 0.1) is 0 Å². The van der Waals surface area contributed by atoms with Crippen molar-refractivity contribution in [2.24, 2.45) is 0 Å². The van der Waals surface area contributed by atoms with Gasteiger partial charge in [0.05, 0.1) is 19.3 Å². The normalized spacial score (nSPS) is 12.1. The van der Waals surface area contributed by atoms with Crippen LogP contribution in [0.15, 0.2) is 6.33 Å². The van der Waals surface area contributed by atoms with Crippen LogP contribution in [0.2, 0.25) is 0 Å². The standard InChI is InChI=1S/C13H19ClN4O2/c1-13(2,20-4)7-18-9(5-6-14)17-10-11(18)15-8-16-12(10)19-3/h8H,5-7H2,1-4H3. The second-order valence-corrected chi connectivity index (χ2v) is 5.45. The third-order valence-corrected chi connectivity index (χ3v) is 3.37. The topological polar surface area (TPSA) is 62.1 Å². The summed E-state index contributed by atoms with van der Waals surface area (Å²) in [6, 6.07) is 0. The van der Waals surface area contributed by atoms with Crippen molar-refractivity contribution in [3.05, 3.63) is 12.2 Å². The quantitative estimate of drug-likeness (QED) is 0.764. The van der Waals surface area contributed by atoms with E-state index >= 15 is 0 Å². The van der Waals surface area contributed by atoms with Gasteiger partial charge >= 0.3 is 0 Å². The molecule has 0 unspecified atom stereocenters.